The summed E-state index contributed by atoms with van der Waals surface area (Å²) < 4.78 is 10.6. The quantitative estimate of drug-likeness (QED) is 0.608. The molecule has 7 heteroatoms. The molecule has 1 aromatic carbocycles. The number of ether oxygens (including phenoxy) is 1. The monoisotopic (exact) mass is 420 g/mol. The van der Waals surface area contributed by atoms with Crippen molar-refractivity contribution in [3.63, 3.8) is 0 Å². The van der Waals surface area contributed by atoms with Crippen molar-refractivity contribution < 1.29 is 13.9 Å². The maximum absolute atomic E-state index is 13.0. The van der Waals surface area contributed by atoms with E-state index in [1.807, 2.05) is 37.4 Å². The molecule has 1 saturated carbocycles. The van der Waals surface area contributed by atoms with Crippen LogP contribution in [0.15, 0.2) is 53.3 Å². The summed E-state index contributed by atoms with van der Waals surface area (Å²) >= 11 is 0. The molecule has 1 N–H and O–H groups in total. The minimum atomic E-state index is -0.213. The smallest absolute Gasteiger partial charge is 0.256 e. The Kier molecular flexibility index (Phi) is 6.50. The molecular formula is C24H28N4O3. The van der Waals surface area contributed by atoms with Crippen LogP contribution in [0.1, 0.15) is 48.2 Å². The Bertz CT molecular complexity index is 996. The van der Waals surface area contributed by atoms with Crippen LogP contribution in [0.25, 0.3) is 11.4 Å². The van der Waals surface area contributed by atoms with Gasteiger partial charge in [-0.2, -0.15) is 0 Å². The van der Waals surface area contributed by atoms with Crippen LogP contribution in [0.4, 0.5) is 5.82 Å². The Balaban J connectivity index is 1.64. The molecule has 0 saturated heterocycles. The van der Waals surface area contributed by atoms with E-state index in [0.717, 1.165) is 24.2 Å². The zero-order chi connectivity index (χ0) is 21.6. The molecule has 0 unspecified atom stereocenters. The highest BCUT2D eigenvalue weighted by atomic mass is 16.5. The Morgan fingerprint density at radius 2 is 1.97 bits per heavy atom. The first kappa shape index (κ1) is 20.9. The molecule has 0 spiro atoms. The van der Waals surface area contributed by atoms with Gasteiger partial charge in [-0.1, -0.05) is 19.3 Å². The van der Waals surface area contributed by atoms with E-state index in [1.165, 1.54) is 19.3 Å². The zero-order valence-corrected chi connectivity index (χ0v) is 18.0. The lowest BCUT2D eigenvalue weighted by Gasteiger charge is -2.33. The van der Waals surface area contributed by atoms with Crippen molar-refractivity contribution in [3.05, 3.63) is 60.2 Å². The van der Waals surface area contributed by atoms with Gasteiger partial charge in [0.05, 0.1) is 19.9 Å². The average Bonchev–Trinajstić information content (AvgIpc) is 3.36. The Labute approximate surface area is 182 Å². The minimum Gasteiger partial charge on any atom is -0.497 e. The lowest BCUT2D eigenvalue weighted by atomic mass is 9.94. The van der Waals surface area contributed by atoms with Crippen LogP contribution in [-0.2, 0) is 6.54 Å². The third-order valence-electron chi connectivity index (χ3n) is 5.82. The molecule has 0 bridgehead atoms. The first-order valence-corrected chi connectivity index (χ1v) is 10.7. The van der Waals surface area contributed by atoms with Gasteiger partial charge in [-0.15, -0.1) is 0 Å². The number of aromatic nitrogens is 2. The van der Waals surface area contributed by atoms with Crippen LogP contribution in [0.2, 0.25) is 0 Å². The first-order valence-electron chi connectivity index (χ1n) is 10.7. The predicted molar refractivity (Wildman–Crippen MR) is 119 cm³/mol. The molecule has 0 atom stereocenters. The molecule has 1 aliphatic carbocycles. The fourth-order valence-corrected chi connectivity index (χ4v) is 4.00. The highest BCUT2D eigenvalue weighted by Gasteiger charge is 2.25. The fourth-order valence-electron chi connectivity index (χ4n) is 4.00. The third-order valence-corrected chi connectivity index (χ3v) is 5.82. The van der Waals surface area contributed by atoms with Gasteiger partial charge in [0.2, 0.25) is 0 Å². The van der Waals surface area contributed by atoms with Crippen LogP contribution in [-0.4, -0.2) is 36.1 Å². The number of nitrogens with zero attached hydrogens (tertiary/aromatic N) is 3. The summed E-state index contributed by atoms with van der Waals surface area (Å²) in [5, 5.41) is 2.92. The zero-order valence-electron chi connectivity index (χ0n) is 18.0. The molecule has 31 heavy (non-hydrogen) atoms. The average molecular weight is 421 g/mol. The van der Waals surface area contributed by atoms with E-state index >= 15 is 0 Å². The molecule has 0 aliphatic heterocycles. The fraction of sp³-hybridized carbons (Fsp3) is 0.375. The normalized spacial score (nSPS) is 14.3. The molecule has 1 fully saturated rings. The molecule has 3 aromatic rings. The number of nitrogens with one attached hydrogen (secondary N) is 1. The van der Waals surface area contributed by atoms with Crippen molar-refractivity contribution >= 4 is 11.7 Å². The van der Waals surface area contributed by atoms with Crippen LogP contribution in [0, 0.1) is 0 Å². The maximum atomic E-state index is 13.0. The van der Waals surface area contributed by atoms with Gasteiger partial charge in [0.25, 0.3) is 5.91 Å². The minimum absolute atomic E-state index is 0.213. The highest BCUT2D eigenvalue weighted by Crippen LogP contribution is 2.29. The number of hydrogen-bond acceptors (Lipinski definition) is 6. The molecule has 2 aromatic heterocycles. The van der Waals surface area contributed by atoms with E-state index in [-0.39, 0.29) is 5.91 Å². The van der Waals surface area contributed by atoms with Crippen molar-refractivity contribution in [3.8, 4) is 17.1 Å². The van der Waals surface area contributed by atoms with Gasteiger partial charge in [-0.25, -0.2) is 9.97 Å². The van der Waals surface area contributed by atoms with Gasteiger partial charge in [0, 0.05) is 24.8 Å². The summed E-state index contributed by atoms with van der Waals surface area (Å²) in [6, 6.07) is 11.6. The van der Waals surface area contributed by atoms with Crippen LogP contribution < -0.4 is 15.0 Å². The van der Waals surface area contributed by atoms with Crippen molar-refractivity contribution in [2.24, 2.45) is 0 Å². The molecule has 1 aliphatic rings. The molecule has 2 heterocycles. The number of carbonyl (C=O) groups is 1. The second-order valence-corrected chi connectivity index (χ2v) is 7.82. The lowest BCUT2D eigenvalue weighted by Crippen LogP contribution is -2.36. The second kappa shape index (κ2) is 9.64. The van der Waals surface area contributed by atoms with E-state index in [2.05, 4.69) is 15.2 Å². The van der Waals surface area contributed by atoms with Crippen molar-refractivity contribution in [2.45, 2.75) is 44.7 Å². The van der Waals surface area contributed by atoms with Gasteiger partial charge in [0.15, 0.2) is 5.82 Å². The summed E-state index contributed by atoms with van der Waals surface area (Å²) in [7, 11) is 3.66. The Morgan fingerprint density at radius 3 is 2.65 bits per heavy atom. The number of carbonyl (C=O) groups excluding carboxylic acids is 1. The number of hydrogen-bond donors (Lipinski definition) is 1. The summed E-state index contributed by atoms with van der Waals surface area (Å²) in [6.07, 6.45) is 9.09. The Hall–Kier alpha value is -3.35. The standard InChI is InChI=1S/C24H28N4O3/c1-28(18-7-4-3-5-8-18)23-21(24(29)26-15-20-9-6-14-31-20)16-25-22(27-23)17-10-12-19(30-2)13-11-17/h6,9-14,16,18H,3-5,7-8,15H2,1-2H3,(H,26,29). The van der Waals surface area contributed by atoms with Gasteiger partial charge in [0.1, 0.15) is 22.9 Å². The van der Waals surface area contributed by atoms with Gasteiger partial charge < -0.3 is 19.4 Å². The SMILES string of the molecule is COc1ccc(-c2ncc(C(=O)NCc3ccco3)c(N(C)C3CCCCC3)n2)cc1. The first-order chi connectivity index (χ1) is 15.2. The van der Waals surface area contributed by atoms with E-state index < -0.39 is 0 Å². The van der Waals surface area contributed by atoms with E-state index in [0.29, 0.717) is 35.6 Å². The van der Waals surface area contributed by atoms with E-state index in [1.54, 1.807) is 25.6 Å². The lowest BCUT2D eigenvalue weighted by molar-refractivity contribution is 0.0947. The van der Waals surface area contributed by atoms with E-state index in [4.69, 9.17) is 14.1 Å². The predicted octanol–water partition coefficient (Wildman–Crippen LogP) is 4.44. The maximum Gasteiger partial charge on any atom is 0.256 e. The van der Waals surface area contributed by atoms with Crippen LogP contribution in [0.3, 0.4) is 0 Å². The molecule has 0 radical (unpaired) electrons. The number of rotatable bonds is 7. The third kappa shape index (κ3) is 4.87. The molecule has 7 nitrogen and oxygen atoms in total. The highest BCUT2D eigenvalue weighted by molar-refractivity contribution is 5.98. The number of benzene rings is 1. The second-order valence-electron chi connectivity index (χ2n) is 7.82. The molecule has 4 rings (SSSR count). The number of amides is 1. The van der Waals surface area contributed by atoms with Gasteiger partial charge in [-0.3, -0.25) is 4.79 Å². The van der Waals surface area contributed by atoms with Crippen molar-refractivity contribution in [2.75, 3.05) is 19.1 Å². The van der Waals surface area contributed by atoms with Crippen LogP contribution >= 0.6 is 0 Å². The van der Waals surface area contributed by atoms with Crippen molar-refractivity contribution in [1.82, 2.24) is 15.3 Å². The molecule has 1 amide bonds. The van der Waals surface area contributed by atoms with E-state index in [9.17, 15) is 4.79 Å². The summed E-state index contributed by atoms with van der Waals surface area (Å²) in [5.41, 5.74) is 1.35. The van der Waals surface area contributed by atoms with Gasteiger partial charge >= 0.3 is 0 Å². The number of methoxy groups -OCH3 is 1. The summed E-state index contributed by atoms with van der Waals surface area (Å²) in [5.74, 6) is 2.51. The topological polar surface area (TPSA) is 80.5 Å². The van der Waals surface area contributed by atoms with Gasteiger partial charge in [-0.05, 0) is 49.2 Å². The largest absolute Gasteiger partial charge is 0.497 e. The number of furan rings is 1. The van der Waals surface area contributed by atoms with Crippen LogP contribution in [0.5, 0.6) is 5.75 Å². The number of anilines is 1. The Morgan fingerprint density at radius 1 is 1.19 bits per heavy atom. The molecular weight excluding hydrogens is 392 g/mol. The summed E-state index contributed by atoms with van der Waals surface area (Å²) in [4.78, 5) is 24.5. The summed E-state index contributed by atoms with van der Waals surface area (Å²) in [6.45, 7) is 0.318. The van der Waals surface area contributed by atoms with Crippen molar-refractivity contribution in [1.29, 1.82) is 0 Å². The molecule has 162 valence electrons.